The van der Waals surface area contributed by atoms with Crippen LogP contribution in [0.4, 0.5) is 0 Å². The maximum absolute atomic E-state index is 5.54. The third kappa shape index (κ3) is 3.28. The fourth-order valence-electron chi connectivity index (χ4n) is 1.65. The van der Waals surface area contributed by atoms with Crippen LogP contribution in [0.25, 0.3) is 12.2 Å². The predicted molar refractivity (Wildman–Crippen MR) is 79.5 cm³/mol. The van der Waals surface area contributed by atoms with Crippen LogP contribution in [0.1, 0.15) is 41.6 Å². The number of nitrogens with two attached hydrogens (primary N) is 1. The molecule has 1 aromatic heterocycles. The van der Waals surface area contributed by atoms with Gasteiger partial charge < -0.3 is 5.73 Å². The van der Waals surface area contributed by atoms with E-state index in [2.05, 4.69) is 49.2 Å². The summed E-state index contributed by atoms with van der Waals surface area (Å²) in [6, 6.07) is 8.64. The van der Waals surface area contributed by atoms with Gasteiger partial charge in [-0.2, -0.15) is 0 Å². The summed E-state index contributed by atoms with van der Waals surface area (Å²) in [6.07, 6.45) is 4.12. The van der Waals surface area contributed by atoms with Crippen molar-refractivity contribution < 1.29 is 0 Å². The van der Waals surface area contributed by atoms with E-state index in [4.69, 9.17) is 5.73 Å². The topological polar surface area (TPSA) is 38.9 Å². The van der Waals surface area contributed by atoms with E-state index in [1.807, 2.05) is 11.5 Å². The molecule has 18 heavy (non-hydrogen) atoms. The first-order valence-electron chi connectivity index (χ1n) is 6.11. The predicted octanol–water partition coefficient (Wildman–Crippen LogP) is 3.90. The molecule has 0 aliphatic rings. The highest BCUT2D eigenvalue weighted by molar-refractivity contribution is 7.10. The van der Waals surface area contributed by atoms with Crippen LogP contribution >= 0.6 is 11.3 Å². The molecule has 0 saturated carbocycles. The standard InChI is InChI=1S/C15H18N2S/c1-11(2)13-6-3-12(4-7-13)5-8-15-17-14(9-16)10-18-15/h3-8,10-11H,9,16H2,1-2H3. The number of nitrogens with zero attached hydrogens (tertiary/aromatic N) is 1. The minimum absolute atomic E-state index is 0.507. The lowest BCUT2D eigenvalue weighted by Crippen LogP contribution is -1.95. The molecule has 0 aliphatic heterocycles. The van der Waals surface area contributed by atoms with Gasteiger partial charge in [-0.05, 0) is 23.1 Å². The smallest absolute Gasteiger partial charge is 0.116 e. The van der Waals surface area contributed by atoms with Gasteiger partial charge in [-0.1, -0.05) is 44.2 Å². The molecule has 0 radical (unpaired) electrons. The van der Waals surface area contributed by atoms with E-state index in [-0.39, 0.29) is 0 Å². The molecule has 2 rings (SSSR count). The Bertz CT molecular complexity index is 524. The van der Waals surface area contributed by atoms with E-state index in [0.717, 1.165) is 10.7 Å². The maximum atomic E-state index is 5.54. The third-order valence-electron chi connectivity index (χ3n) is 2.80. The van der Waals surface area contributed by atoms with Crippen molar-refractivity contribution in [2.75, 3.05) is 0 Å². The first-order chi connectivity index (χ1) is 8.69. The lowest BCUT2D eigenvalue weighted by Gasteiger charge is -2.04. The van der Waals surface area contributed by atoms with Crippen molar-refractivity contribution in [3.8, 4) is 0 Å². The van der Waals surface area contributed by atoms with Gasteiger partial charge in [0.2, 0.25) is 0 Å². The number of thiazole rings is 1. The maximum Gasteiger partial charge on any atom is 0.116 e. The Balaban J connectivity index is 2.08. The molecular formula is C15H18N2S. The van der Waals surface area contributed by atoms with Gasteiger partial charge in [-0.15, -0.1) is 11.3 Å². The normalized spacial score (nSPS) is 11.6. The van der Waals surface area contributed by atoms with Crippen LogP contribution in [0.5, 0.6) is 0 Å². The quantitative estimate of drug-likeness (QED) is 0.903. The summed E-state index contributed by atoms with van der Waals surface area (Å²) in [5, 5.41) is 3.00. The number of rotatable bonds is 4. The number of aromatic nitrogens is 1. The van der Waals surface area contributed by atoms with Gasteiger partial charge in [0.25, 0.3) is 0 Å². The average molecular weight is 258 g/mol. The number of hydrogen-bond acceptors (Lipinski definition) is 3. The zero-order valence-corrected chi connectivity index (χ0v) is 11.6. The summed E-state index contributed by atoms with van der Waals surface area (Å²) in [4.78, 5) is 4.40. The van der Waals surface area contributed by atoms with Crippen molar-refractivity contribution in [2.45, 2.75) is 26.3 Å². The minimum Gasteiger partial charge on any atom is -0.325 e. The van der Waals surface area contributed by atoms with Crippen LogP contribution in [0, 0.1) is 0 Å². The summed E-state index contributed by atoms with van der Waals surface area (Å²) in [6.45, 7) is 4.91. The Morgan fingerprint density at radius 2 is 1.94 bits per heavy atom. The van der Waals surface area contributed by atoms with Gasteiger partial charge in [0, 0.05) is 11.9 Å². The lowest BCUT2D eigenvalue weighted by molar-refractivity contribution is 0.866. The zero-order chi connectivity index (χ0) is 13.0. The minimum atomic E-state index is 0.507. The molecule has 2 aromatic rings. The molecule has 2 nitrogen and oxygen atoms in total. The van der Waals surface area contributed by atoms with E-state index in [1.54, 1.807) is 11.3 Å². The molecule has 0 atom stereocenters. The van der Waals surface area contributed by atoms with Crippen molar-refractivity contribution in [3.63, 3.8) is 0 Å². The molecule has 1 heterocycles. The Kier molecular flexibility index (Phi) is 4.28. The summed E-state index contributed by atoms with van der Waals surface area (Å²) in [5.41, 5.74) is 9.05. The molecule has 94 valence electrons. The number of benzene rings is 1. The highest BCUT2D eigenvalue weighted by atomic mass is 32.1. The Morgan fingerprint density at radius 1 is 1.22 bits per heavy atom. The lowest BCUT2D eigenvalue weighted by atomic mass is 10.0. The SMILES string of the molecule is CC(C)c1ccc(C=Cc2nc(CN)cs2)cc1. The Morgan fingerprint density at radius 3 is 2.50 bits per heavy atom. The van der Waals surface area contributed by atoms with Crippen molar-refractivity contribution in [1.29, 1.82) is 0 Å². The van der Waals surface area contributed by atoms with Crippen LogP contribution in [0.15, 0.2) is 29.6 Å². The molecule has 0 spiro atoms. The summed E-state index contributed by atoms with van der Waals surface area (Å²) < 4.78 is 0. The highest BCUT2D eigenvalue weighted by Gasteiger charge is 1.98. The Labute approximate surface area is 112 Å². The molecule has 0 fully saturated rings. The van der Waals surface area contributed by atoms with Crippen molar-refractivity contribution in [3.05, 3.63) is 51.5 Å². The van der Waals surface area contributed by atoms with Gasteiger partial charge in [0.1, 0.15) is 5.01 Å². The highest BCUT2D eigenvalue weighted by Crippen LogP contribution is 2.17. The van der Waals surface area contributed by atoms with E-state index in [1.165, 1.54) is 11.1 Å². The Hall–Kier alpha value is -1.45. The van der Waals surface area contributed by atoms with Crippen LogP contribution in [-0.2, 0) is 6.54 Å². The van der Waals surface area contributed by atoms with Gasteiger partial charge in [-0.3, -0.25) is 0 Å². The van der Waals surface area contributed by atoms with Gasteiger partial charge >= 0.3 is 0 Å². The second-order valence-corrected chi connectivity index (χ2v) is 5.43. The first kappa shape index (κ1) is 13.0. The molecule has 3 heteroatoms. The summed E-state index contributed by atoms with van der Waals surface area (Å²) in [5.74, 6) is 0.578. The van der Waals surface area contributed by atoms with Crippen LogP contribution < -0.4 is 5.73 Å². The molecule has 0 saturated heterocycles. The first-order valence-corrected chi connectivity index (χ1v) is 6.99. The molecule has 0 amide bonds. The van der Waals surface area contributed by atoms with E-state index in [9.17, 15) is 0 Å². The average Bonchev–Trinajstić information content (AvgIpc) is 2.85. The van der Waals surface area contributed by atoms with Crippen molar-refractivity contribution >= 4 is 23.5 Å². The van der Waals surface area contributed by atoms with Crippen molar-refractivity contribution in [2.24, 2.45) is 5.73 Å². The molecule has 2 N–H and O–H groups in total. The van der Waals surface area contributed by atoms with Gasteiger partial charge in [-0.25, -0.2) is 4.98 Å². The largest absolute Gasteiger partial charge is 0.325 e. The summed E-state index contributed by atoms with van der Waals surface area (Å²) in [7, 11) is 0. The van der Waals surface area contributed by atoms with Crippen molar-refractivity contribution in [1.82, 2.24) is 4.98 Å². The van der Waals surface area contributed by atoms with Crippen LogP contribution in [0.3, 0.4) is 0 Å². The van der Waals surface area contributed by atoms with Crippen LogP contribution in [-0.4, -0.2) is 4.98 Å². The van der Waals surface area contributed by atoms with Crippen LogP contribution in [0.2, 0.25) is 0 Å². The second kappa shape index (κ2) is 5.94. The number of hydrogen-bond donors (Lipinski definition) is 1. The van der Waals surface area contributed by atoms with Gasteiger partial charge in [0.15, 0.2) is 0 Å². The molecule has 0 unspecified atom stereocenters. The summed E-state index contributed by atoms with van der Waals surface area (Å²) >= 11 is 1.62. The van der Waals surface area contributed by atoms with E-state index >= 15 is 0 Å². The van der Waals surface area contributed by atoms with Gasteiger partial charge in [0.05, 0.1) is 5.69 Å². The van der Waals surface area contributed by atoms with E-state index in [0.29, 0.717) is 12.5 Å². The molecule has 0 bridgehead atoms. The zero-order valence-electron chi connectivity index (χ0n) is 10.8. The fraction of sp³-hybridized carbons (Fsp3) is 0.267. The van der Waals surface area contributed by atoms with E-state index < -0.39 is 0 Å². The third-order valence-corrected chi connectivity index (χ3v) is 3.66. The fourth-order valence-corrected chi connectivity index (χ4v) is 2.37. The molecular weight excluding hydrogens is 240 g/mol. The molecule has 1 aromatic carbocycles. The molecule has 0 aliphatic carbocycles. The second-order valence-electron chi connectivity index (χ2n) is 4.54. The monoisotopic (exact) mass is 258 g/mol.